The van der Waals surface area contributed by atoms with Crippen molar-refractivity contribution in [3.63, 3.8) is 0 Å². The lowest BCUT2D eigenvalue weighted by atomic mass is 10.0. The number of aldehydes is 1. The van der Waals surface area contributed by atoms with Crippen LogP contribution in [0.25, 0.3) is 0 Å². The van der Waals surface area contributed by atoms with E-state index in [2.05, 4.69) is 21.4 Å². The zero-order valence-corrected chi connectivity index (χ0v) is 19.4. The predicted molar refractivity (Wildman–Crippen MR) is 126 cm³/mol. The van der Waals surface area contributed by atoms with Gasteiger partial charge >= 0.3 is 6.03 Å². The smallest absolute Gasteiger partial charge is 0.328 e. The van der Waals surface area contributed by atoms with Crippen LogP contribution in [-0.2, 0) is 24.2 Å². The van der Waals surface area contributed by atoms with Crippen LogP contribution in [-0.4, -0.2) is 71.2 Å². The van der Waals surface area contributed by atoms with Crippen molar-refractivity contribution in [2.24, 2.45) is 0 Å². The summed E-state index contributed by atoms with van der Waals surface area (Å²) in [6.07, 6.45) is 4.24. The lowest BCUT2D eigenvalue weighted by Gasteiger charge is -2.33. The Morgan fingerprint density at radius 2 is 2.09 bits per heavy atom. The minimum Gasteiger partial charge on any atom is -0.336 e. The Bertz CT molecular complexity index is 1170. The van der Waals surface area contributed by atoms with Crippen molar-refractivity contribution < 1.29 is 14.4 Å². The van der Waals surface area contributed by atoms with Gasteiger partial charge in [0, 0.05) is 37.9 Å². The number of aromatic nitrogens is 2. The Labute approximate surface area is 198 Å². The first kappa shape index (κ1) is 23.3. The molecule has 10 nitrogen and oxygen atoms in total. The topological polar surface area (TPSA) is 123 Å². The molecule has 34 heavy (non-hydrogen) atoms. The van der Waals surface area contributed by atoms with Crippen LogP contribution in [0, 0.1) is 11.3 Å². The number of rotatable bonds is 5. The fourth-order valence-electron chi connectivity index (χ4n) is 4.32. The minimum atomic E-state index is -0.397. The Morgan fingerprint density at radius 1 is 1.26 bits per heavy atom. The standard InChI is InChI=1S/C24H27N7O3/c1-3-16-10-21(26-12-19(16)11-25)28-24(34)31-6-4-5-17-9-18(20(15-32)27-23(17)31)13-30-8-7-29(2)14-22(30)33/h9-10,12,15H,3-8,13-14H2,1-2H3,(H,26,28,34). The third-order valence-electron chi connectivity index (χ3n) is 6.23. The summed E-state index contributed by atoms with van der Waals surface area (Å²) in [6, 6.07) is 5.29. The van der Waals surface area contributed by atoms with E-state index < -0.39 is 6.03 Å². The van der Waals surface area contributed by atoms with Crippen LogP contribution in [0.4, 0.5) is 16.4 Å². The molecule has 0 unspecified atom stereocenters. The van der Waals surface area contributed by atoms with Gasteiger partial charge in [-0.15, -0.1) is 0 Å². The van der Waals surface area contributed by atoms with Crippen molar-refractivity contribution in [1.29, 1.82) is 5.26 Å². The molecule has 0 atom stereocenters. The maximum atomic E-state index is 13.1. The summed E-state index contributed by atoms with van der Waals surface area (Å²) in [5.41, 5.74) is 3.07. The van der Waals surface area contributed by atoms with Gasteiger partial charge in [0.25, 0.3) is 0 Å². The van der Waals surface area contributed by atoms with E-state index in [4.69, 9.17) is 0 Å². The number of nitriles is 1. The van der Waals surface area contributed by atoms with Crippen LogP contribution in [0.15, 0.2) is 18.3 Å². The number of fused-ring (bicyclic) bond motifs is 1. The summed E-state index contributed by atoms with van der Waals surface area (Å²) < 4.78 is 0. The third kappa shape index (κ3) is 4.75. The number of pyridine rings is 2. The van der Waals surface area contributed by atoms with Gasteiger partial charge in [0.1, 0.15) is 23.4 Å². The summed E-state index contributed by atoms with van der Waals surface area (Å²) in [7, 11) is 1.91. The van der Waals surface area contributed by atoms with Crippen molar-refractivity contribution in [3.05, 3.63) is 46.3 Å². The molecule has 4 rings (SSSR count). The highest BCUT2D eigenvalue weighted by Gasteiger charge is 2.28. The van der Waals surface area contributed by atoms with E-state index in [1.165, 1.54) is 11.1 Å². The number of nitrogens with one attached hydrogen (secondary N) is 1. The zero-order valence-electron chi connectivity index (χ0n) is 19.4. The molecule has 0 saturated carbocycles. The van der Waals surface area contributed by atoms with Crippen LogP contribution in [0.1, 0.15) is 46.1 Å². The van der Waals surface area contributed by atoms with Gasteiger partial charge in [0.05, 0.1) is 12.1 Å². The molecule has 3 amide bonds. The Kier molecular flexibility index (Phi) is 6.84. The highest BCUT2D eigenvalue weighted by molar-refractivity contribution is 6.01. The number of anilines is 2. The first-order chi connectivity index (χ1) is 16.4. The van der Waals surface area contributed by atoms with Crippen molar-refractivity contribution in [3.8, 4) is 6.07 Å². The van der Waals surface area contributed by atoms with E-state index in [9.17, 15) is 19.6 Å². The number of hydrogen-bond acceptors (Lipinski definition) is 7. The van der Waals surface area contributed by atoms with Gasteiger partial charge in [-0.2, -0.15) is 5.26 Å². The molecule has 2 aliphatic heterocycles. The summed E-state index contributed by atoms with van der Waals surface area (Å²) in [6.45, 7) is 4.43. The van der Waals surface area contributed by atoms with Crippen LogP contribution >= 0.6 is 0 Å². The lowest BCUT2D eigenvalue weighted by molar-refractivity contribution is -0.136. The van der Waals surface area contributed by atoms with Crippen LogP contribution in [0.5, 0.6) is 0 Å². The second-order valence-electron chi connectivity index (χ2n) is 8.56. The van der Waals surface area contributed by atoms with Gasteiger partial charge in [-0.1, -0.05) is 6.92 Å². The van der Waals surface area contributed by atoms with E-state index in [1.807, 2.05) is 24.9 Å². The van der Waals surface area contributed by atoms with Gasteiger partial charge in [-0.25, -0.2) is 14.8 Å². The molecule has 0 radical (unpaired) electrons. The van der Waals surface area contributed by atoms with Crippen molar-refractivity contribution in [2.75, 3.05) is 43.4 Å². The molecular weight excluding hydrogens is 434 g/mol. The maximum Gasteiger partial charge on any atom is 0.328 e. The molecule has 0 spiro atoms. The fourth-order valence-corrected chi connectivity index (χ4v) is 4.32. The molecule has 2 aliphatic rings. The molecule has 1 N–H and O–H groups in total. The predicted octanol–water partition coefficient (Wildman–Crippen LogP) is 1.98. The molecule has 1 fully saturated rings. The van der Waals surface area contributed by atoms with E-state index in [0.29, 0.717) is 61.6 Å². The Balaban J connectivity index is 1.57. The quantitative estimate of drug-likeness (QED) is 0.676. The van der Waals surface area contributed by atoms with Crippen molar-refractivity contribution in [2.45, 2.75) is 32.7 Å². The number of amides is 3. The van der Waals surface area contributed by atoms with Crippen LogP contribution < -0.4 is 10.2 Å². The first-order valence-corrected chi connectivity index (χ1v) is 11.3. The number of hydrogen-bond donors (Lipinski definition) is 1. The number of piperazine rings is 1. The summed E-state index contributed by atoms with van der Waals surface area (Å²) in [5.74, 6) is 0.822. The molecule has 10 heteroatoms. The first-order valence-electron chi connectivity index (χ1n) is 11.3. The highest BCUT2D eigenvalue weighted by Crippen LogP contribution is 2.28. The number of likely N-dealkylation sites (N-methyl/N-ethyl adjacent to an activating group) is 1. The molecule has 1 saturated heterocycles. The number of aryl methyl sites for hydroxylation is 2. The SMILES string of the molecule is CCc1cc(NC(=O)N2CCCc3cc(CN4CCN(C)CC4=O)c(C=O)nc32)ncc1C#N. The Morgan fingerprint density at radius 3 is 2.79 bits per heavy atom. The van der Waals surface area contributed by atoms with E-state index in [-0.39, 0.29) is 11.6 Å². The molecule has 0 aromatic carbocycles. The Hall–Kier alpha value is -3.84. The molecule has 2 aromatic heterocycles. The average Bonchev–Trinajstić information content (AvgIpc) is 2.84. The zero-order chi connectivity index (χ0) is 24.2. The highest BCUT2D eigenvalue weighted by atomic mass is 16.2. The molecule has 4 heterocycles. The van der Waals surface area contributed by atoms with Gasteiger partial charge in [0.2, 0.25) is 5.91 Å². The summed E-state index contributed by atoms with van der Waals surface area (Å²) >= 11 is 0. The summed E-state index contributed by atoms with van der Waals surface area (Å²) in [4.78, 5) is 51.3. The molecule has 176 valence electrons. The van der Waals surface area contributed by atoms with Crippen molar-refractivity contribution >= 4 is 29.9 Å². The average molecular weight is 462 g/mol. The van der Waals surface area contributed by atoms with Gasteiger partial charge in [0.15, 0.2) is 6.29 Å². The molecular formula is C24H27N7O3. The number of carbonyl (C=O) groups excluding carboxylic acids is 3. The number of urea groups is 1. The molecule has 0 aliphatic carbocycles. The number of carbonyl (C=O) groups is 3. The number of nitrogens with zero attached hydrogens (tertiary/aromatic N) is 6. The van der Waals surface area contributed by atoms with E-state index >= 15 is 0 Å². The van der Waals surface area contributed by atoms with Gasteiger partial charge in [-0.3, -0.25) is 24.7 Å². The summed E-state index contributed by atoms with van der Waals surface area (Å²) in [5, 5.41) is 12.0. The maximum absolute atomic E-state index is 13.1. The second-order valence-corrected chi connectivity index (χ2v) is 8.56. The van der Waals surface area contributed by atoms with E-state index in [0.717, 1.165) is 30.5 Å². The van der Waals surface area contributed by atoms with Crippen molar-refractivity contribution in [1.82, 2.24) is 19.8 Å². The largest absolute Gasteiger partial charge is 0.336 e. The molecule has 0 bridgehead atoms. The normalized spacial score (nSPS) is 16.1. The van der Waals surface area contributed by atoms with E-state index in [1.54, 1.807) is 11.0 Å². The van der Waals surface area contributed by atoms with Gasteiger partial charge < -0.3 is 4.90 Å². The monoisotopic (exact) mass is 461 g/mol. The van der Waals surface area contributed by atoms with Crippen LogP contribution in [0.2, 0.25) is 0 Å². The third-order valence-corrected chi connectivity index (χ3v) is 6.23. The minimum absolute atomic E-state index is 0.0192. The lowest BCUT2D eigenvalue weighted by Crippen LogP contribution is -2.48. The second kappa shape index (κ2) is 9.97. The molecule has 2 aromatic rings. The van der Waals surface area contributed by atoms with Crippen LogP contribution in [0.3, 0.4) is 0 Å². The fraction of sp³-hybridized carbons (Fsp3) is 0.417. The van der Waals surface area contributed by atoms with Gasteiger partial charge in [-0.05, 0) is 49.6 Å².